The molecular formula is C15H14N2O5S2. The molecule has 2 aromatic rings. The number of ether oxygens (including phenoxy) is 1. The molecule has 0 aliphatic carbocycles. The lowest BCUT2D eigenvalue weighted by molar-refractivity contribution is -0.139. The first kappa shape index (κ1) is 16.6. The standard InChI is InChI=1S/C15H14N2O5S2/c18-14(10-6-8-23-9-10)16-11-1-3-12(4-2-11)24(20,21)17-13-5-7-22-15(13)19/h1-4,6,8-9,13,17H,5,7H2,(H,16,18)/t13-/m0/s1. The highest BCUT2D eigenvalue weighted by atomic mass is 32.2. The lowest BCUT2D eigenvalue weighted by Crippen LogP contribution is -2.37. The molecule has 7 nitrogen and oxygen atoms in total. The second-order valence-electron chi connectivity index (χ2n) is 5.12. The zero-order valence-electron chi connectivity index (χ0n) is 12.4. The van der Waals surface area contributed by atoms with E-state index in [4.69, 9.17) is 4.74 Å². The van der Waals surface area contributed by atoms with Crippen molar-refractivity contribution in [2.45, 2.75) is 17.4 Å². The number of hydrogen-bond acceptors (Lipinski definition) is 6. The number of esters is 1. The number of carbonyl (C=O) groups is 2. The number of nitrogens with one attached hydrogen (secondary N) is 2. The summed E-state index contributed by atoms with van der Waals surface area (Å²) < 4.78 is 31.5. The second-order valence-corrected chi connectivity index (χ2v) is 7.61. The van der Waals surface area contributed by atoms with Crippen LogP contribution in [0, 0.1) is 0 Å². The Balaban J connectivity index is 1.69. The molecule has 1 amide bonds. The van der Waals surface area contributed by atoms with Gasteiger partial charge in [0.2, 0.25) is 10.0 Å². The predicted octanol–water partition coefficient (Wildman–Crippen LogP) is 1.59. The maximum atomic E-state index is 12.2. The molecule has 3 rings (SSSR count). The first-order valence-corrected chi connectivity index (χ1v) is 9.51. The van der Waals surface area contributed by atoms with Gasteiger partial charge in [-0.2, -0.15) is 16.1 Å². The Morgan fingerprint density at radius 1 is 1.21 bits per heavy atom. The highest BCUT2D eigenvalue weighted by Gasteiger charge is 2.31. The van der Waals surface area contributed by atoms with E-state index in [0.717, 1.165) is 0 Å². The molecule has 1 saturated heterocycles. The first-order valence-electron chi connectivity index (χ1n) is 7.08. The Hall–Kier alpha value is -2.23. The van der Waals surface area contributed by atoms with E-state index in [1.807, 2.05) is 0 Å². The summed E-state index contributed by atoms with van der Waals surface area (Å²) in [6.45, 7) is 0.208. The second kappa shape index (κ2) is 6.71. The van der Waals surface area contributed by atoms with Gasteiger partial charge in [0.1, 0.15) is 6.04 Å². The van der Waals surface area contributed by atoms with Gasteiger partial charge in [0, 0.05) is 17.5 Å². The van der Waals surface area contributed by atoms with Crippen molar-refractivity contribution in [1.29, 1.82) is 0 Å². The molecule has 2 N–H and O–H groups in total. The molecule has 2 heterocycles. The molecule has 0 saturated carbocycles. The Bertz CT molecular complexity index is 844. The summed E-state index contributed by atoms with van der Waals surface area (Å²) in [5.74, 6) is -0.836. The van der Waals surface area contributed by atoms with Crippen molar-refractivity contribution >= 4 is 38.9 Å². The van der Waals surface area contributed by atoms with Crippen LogP contribution >= 0.6 is 11.3 Å². The molecule has 1 atom stereocenters. The highest BCUT2D eigenvalue weighted by molar-refractivity contribution is 7.89. The van der Waals surface area contributed by atoms with Crippen molar-refractivity contribution < 1.29 is 22.7 Å². The molecule has 1 aliphatic rings. The molecule has 0 bridgehead atoms. The molecular weight excluding hydrogens is 352 g/mol. The predicted molar refractivity (Wildman–Crippen MR) is 88.4 cm³/mol. The normalized spacial score (nSPS) is 17.5. The van der Waals surface area contributed by atoms with Crippen LogP contribution in [0.1, 0.15) is 16.8 Å². The Morgan fingerprint density at radius 2 is 1.96 bits per heavy atom. The third kappa shape index (κ3) is 3.64. The summed E-state index contributed by atoms with van der Waals surface area (Å²) in [6, 6.07) is 6.56. The van der Waals surface area contributed by atoms with E-state index < -0.39 is 22.0 Å². The number of amides is 1. The average Bonchev–Trinajstić information content (AvgIpc) is 3.20. The van der Waals surface area contributed by atoms with E-state index in [2.05, 4.69) is 10.0 Å². The van der Waals surface area contributed by atoms with Crippen LogP contribution in [-0.2, 0) is 19.6 Å². The van der Waals surface area contributed by atoms with Crippen molar-refractivity contribution in [3.05, 3.63) is 46.7 Å². The fourth-order valence-corrected chi connectivity index (χ4v) is 4.03. The van der Waals surface area contributed by atoms with Crippen LogP contribution in [0.4, 0.5) is 5.69 Å². The Morgan fingerprint density at radius 3 is 2.54 bits per heavy atom. The topological polar surface area (TPSA) is 102 Å². The number of benzene rings is 1. The minimum absolute atomic E-state index is 0.00994. The van der Waals surface area contributed by atoms with Gasteiger partial charge in [-0.1, -0.05) is 0 Å². The molecule has 0 unspecified atom stereocenters. The minimum atomic E-state index is -3.83. The van der Waals surface area contributed by atoms with Crippen molar-refractivity contribution in [2.75, 3.05) is 11.9 Å². The van der Waals surface area contributed by atoms with Crippen molar-refractivity contribution in [3.63, 3.8) is 0 Å². The molecule has 24 heavy (non-hydrogen) atoms. The highest BCUT2D eigenvalue weighted by Crippen LogP contribution is 2.17. The van der Waals surface area contributed by atoms with Gasteiger partial charge in [-0.15, -0.1) is 0 Å². The number of cyclic esters (lactones) is 1. The van der Waals surface area contributed by atoms with E-state index in [0.29, 0.717) is 17.7 Å². The van der Waals surface area contributed by atoms with Gasteiger partial charge in [0.25, 0.3) is 5.91 Å². The molecule has 1 fully saturated rings. The lowest BCUT2D eigenvalue weighted by atomic mass is 10.3. The Labute approximate surface area is 142 Å². The van der Waals surface area contributed by atoms with E-state index in [9.17, 15) is 18.0 Å². The van der Waals surface area contributed by atoms with Crippen molar-refractivity contribution in [2.24, 2.45) is 0 Å². The molecule has 1 aliphatic heterocycles. The van der Waals surface area contributed by atoms with Gasteiger partial charge in [0.15, 0.2) is 0 Å². The number of carbonyl (C=O) groups excluding carboxylic acids is 2. The quantitative estimate of drug-likeness (QED) is 0.783. The summed E-state index contributed by atoms with van der Waals surface area (Å²) in [6.07, 6.45) is 0.312. The van der Waals surface area contributed by atoms with Crippen LogP contribution in [0.3, 0.4) is 0 Å². The molecule has 0 spiro atoms. The summed E-state index contributed by atoms with van der Waals surface area (Å²) in [5, 5.41) is 6.20. The van der Waals surface area contributed by atoms with Crippen molar-refractivity contribution in [1.82, 2.24) is 4.72 Å². The third-order valence-corrected chi connectivity index (χ3v) is 5.61. The van der Waals surface area contributed by atoms with Crippen LogP contribution < -0.4 is 10.0 Å². The number of anilines is 1. The van der Waals surface area contributed by atoms with E-state index in [1.54, 1.807) is 16.8 Å². The molecule has 126 valence electrons. The van der Waals surface area contributed by atoms with Crippen molar-refractivity contribution in [3.8, 4) is 0 Å². The maximum Gasteiger partial charge on any atom is 0.324 e. The van der Waals surface area contributed by atoms with Crippen LogP contribution in [0.25, 0.3) is 0 Å². The van der Waals surface area contributed by atoms with Gasteiger partial charge in [-0.25, -0.2) is 8.42 Å². The molecule has 0 radical (unpaired) electrons. The summed E-state index contributed by atoms with van der Waals surface area (Å²) in [5.41, 5.74) is 1.02. The van der Waals surface area contributed by atoms with Gasteiger partial charge < -0.3 is 10.1 Å². The van der Waals surface area contributed by atoms with Gasteiger partial charge in [0.05, 0.1) is 17.1 Å². The van der Waals surface area contributed by atoms with E-state index >= 15 is 0 Å². The number of hydrogen-bond donors (Lipinski definition) is 2. The number of thiophene rings is 1. The summed E-state index contributed by atoms with van der Waals surface area (Å²) in [7, 11) is -3.83. The average molecular weight is 366 g/mol. The zero-order chi connectivity index (χ0) is 17.2. The number of sulfonamides is 1. The van der Waals surface area contributed by atoms with Gasteiger partial charge in [-0.3, -0.25) is 9.59 Å². The number of rotatable bonds is 5. The zero-order valence-corrected chi connectivity index (χ0v) is 14.0. The fraction of sp³-hybridized carbons (Fsp3) is 0.200. The van der Waals surface area contributed by atoms with Crippen LogP contribution in [0.5, 0.6) is 0 Å². The Kier molecular flexibility index (Phi) is 4.65. The van der Waals surface area contributed by atoms with E-state index in [1.165, 1.54) is 35.6 Å². The van der Waals surface area contributed by atoms with Gasteiger partial charge >= 0.3 is 5.97 Å². The summed E-state index contributed by atoms with van der Waals surface area (Å²) >= 11 is 1.41. The van der Waals surface area contributed by atoms with Crippen LogP contribution in [0.15, 0.2) is 46.0 Å². The fourth-order valence-electron chi connectivity index (χ4n) is 2.17. The lowest BCUT2D eigenvalue weighted by Gasteiger charge is -2.10. The monoisotopic (exact) mass is 366 g/mol. The maximum absolute atomic E-state index is 12.2. The SMILES string of the molecule is O=C(Nc1ccc(S(=O)(=O)N[C@H]2CCOC2=O)cc1)c1ccsc1. The van der Waals surface area contributed by atoms with Crippen LogP contribution in [0.2, 0.25) is 0 Å². The smallest absolute Gasteiger partial charge is 0.324 e. The first-order chi connectivity index (χ1) is 11.5. The third-order valence-electron chi connectivity index (χ3n) is 3.44. The van der Waals surface area contributed by atoms with Crippen LogP contribution in [-0.4, -0.2) is 32.9 Å². The van der Waals surface area contributed by atoms with E-state index in [-0.39, 0.29) is 17.4 Å². The summed E-state index contributed by atoms with van der Waals surface area (Å²) in [4.78, 5) is 23.3. The molecule has 1 aromatic heterocycles. The van der Waals surface area contributed by atoms with Gasteiger partial charge in [-0.05, 0) is 35.7 Å². The molecule has 9 heteroatoms. The largest absolute Gasteiger partial charge is 0.464 e. The minimum Gasteiger partial charge on any atom is -0.464 e. The molecule has 1 aromatic carbocycles.